The topological polar surface area (TPSA) is 79.4 Å². The Morgan fingerprint density at radius 2 is 1.70 bits per heavy atom. The number of nitrogens with two attached hydrogens (primary N) is 1. The first-order valence-electron chi connectivity index (χ1n) is 7.69. The summed E-state index contributed by atoms with van der Waals surface area (Å²) >= 11 is 0. The van der Waals surface area contributed by atoms with Crippen LogP contribution in [-0.2, 0) is 6.42 Å². The maximum absolute atomic E-state index is 9.24. The van der Waals surface area contributed by atoms with E-state index in [0.29, 0.717) is 11.4 Å². The van der Waals surface area contributed by atoms with E-state index in [-0.39, 0.29) is 19.1 Å². The van der Waals surface area contributed by atoms with Crippen LogP contribution in [0.3, 0.4) is 0 Å². The molecule has 0 fully saturated rings. The molecule has 0 bridgehead atoms. The van der Waals surface area contributed by atoms with Crippen molar-refractivity contribution in [2.24, 2.45) is 0 Å². The quantitative estimate of drug-likeness (QED) is 0.576. The third-order valence-electron chi connectivity index (χ3n) is 3.63. The molecule has 0 radical (unpaired) electrons. The lowest BCUT2D eigenvalue weighted by Crippen LogP contribution is -2.14. The van der Waals surface area contributed by atoms with E-state index in [9.17, 15) is 10.2 Å². The van der Waals surface area contributed by atoms with Crippen LogP contribution < -0.4 is 5.73 Å². The van der Waals surface area contributed by atoms with Gasteiger partial charge in [-0.15, -0.1) is 0 Å². The number of aryl methyl sites for hydroxylation is 1. The number of pyridine rings is 1. The van der Waals surface area contributed by atoms with Crippen molar-refractivity contribution in [3.8, 4) is 0 Å². The molecule has 114 valence electrons. The van der Waals surface area contributed by atoms with Gasteiger partial charge in [-0.25, -0.2) is 0 Å². The van der Waals surface area contributed by atoms with Crippen LogP contribution >= 0.6 is 0 Å². The van der Waals surface area contributed by atoms with Gasteiger partial charge in [0.2, 0.25) is 0 Å². The van der Waals surface area contributed by atoms with Crippen molar-refractivity contribution in [1.82, 2.24) is 4.98 Å². The Bertz CT molecular complexity index is 379. The van der Waals surface area contributed by atoms with Gasteiger partial charge in [0.05, 0.1) is 24.6 Å². The van der Waals surface area contributed by atoms with Crippen molar-refractivity contribution in [2.75, 3.05) is 18.9 Å². The minimum atomic E-state index is -0.375. The summed E-state index contributed by atoms with van der Waals surface area (Å²) in [4.78, 5) is 4.50. The molecule has 1 heterocycles. The summed E-state index contributed by atoms with van der Waals surface area (Å²) in [5.74, 6) is -0.375. The number of nitrogens with zero attached hydrogens (tertiary/aromatic N) is 1. The van der Waals surface area contributed by atoms with Crippen molar-refractivity contribution < 1.29 is 10.2 Å². The summed E-state index contributed by atoms with van der Waals surface area (Å²) < 4.78 is 0. The smallest absolute Gasteiger partial charge is 0.0712 e. The van der Waals surface area contributed by atoms with E-state index in [4.69, 9.17) is 5.73 Å². The fourth-order valence-electron chi connectivity index (χ4n) is 2.31. The zero-order valence-corrected chi connectivity index (χ0v) is 12.5. The Kier molecular flexibility index (Phi) is 8.23. The summed E-state index contributed by atoms with van der Waals surface area (Å²) in [5.41, 5.74) is 8.03. The molecule has 4 heteroatoms. The van der Waals surface area contributed by atoms with Crippen molar-refractivity contribution in [3.63, 3.8) is 0 Å². The van der Waals surface area contributed by atoms with Crippen LogP contribution in [0.2, 0.25) is 0 Å². The van der Waals surface area contributed by atoms with Crippen LogP contribution in [0.4, 0.5) is 5.69 Å². The first-order valence-corrected chi connectivity index (χ1v) is 7.69. The number of hydrogen-bond donors (Lipinski definition) is 3. The van der Waals surface area contributed by atoms with E-state index in [1.807, 2.05) is 12.1 Å². The molecule has 0 saturated heterocycles. The summed E-state index contributed by atoms with van der Waals surface area (Å²) in [6.07, 6.45) is 8.47. The van der Waals surface area contributed by atoms with Gasteiger partial charge in [-0.1, -0.05) is 39.0 Å². The van der Waals surface area contributed by atoms with Crippen LogP contribution in [0.5, 0.6) is 0 Å². The van der Waals surface area contributed by atoms with Crippen molar-refractivity contribution in [1.29, 1.82) is 0 Å². The van der Waals surface area contributed by atoms with Crippen molar-refractivity contribution >= 4 is 5.69 Å². The lowest BCUT2D eigenvalue weighted by molar-refractivity contribution is 0.190. The molecule has 1 aromatic heterocycles. The Morgan fingerprint density at radius 1 is 1.05 bits per heavy atom. The molecule has 0 unspecified atom stereocenters. The van der Waals surface area contributed by atoms with Crippen LogP contribution in [0.1, 0.15) is 62.8 Å². The molecular formula is C16H28N2O2. The van der Waals surface area contributed by atoms with Gasteiger partial charge in [0.15, 0.2) is 0 Å². The van der Waals surface area contributed by atoms with E-state index in [1.54, 1.807) is 0 Å². The second-order valence-corrected chi connectivity index (χ2v) is 5.36. The molecule has 1 aromatic rings. The van der Waals surface area contributed by atoms with E-state index in [2.05, 4.69) is 11.9 Å². The highest BCUT2D eigenvalue weighted by Gasteiger charge is 2.14. The summed E-state index contributed by atoms with van der Waals surface area (Å²) in [7, 11) is 0. The second-order valence-electron chi connectivity index (χ2n) is 5.36. The molecule has 4 N–H and O–H groups in total. The maximum Gasteiger partial charge on any atom is 0.0712 e. The molecule has 4 nitrogen and oxygen atoms in total. The predicted molar refractivity (Wildman–Crippen MR) is 82.6 cm³/mol. The standard InChI is InChI=1S/C16H28N2O2/c1-2-3-4-5-6-7-8-14-9-10-15(17)16(18-14)13(11-19)12-20/h9-10,13,19-20H,2-8,11-12,17H2,1H3. The maximum atomic E-state index is 9.24. The van der Waals surface area contributed by atoms with E-state index >= 15 is 0 Å². The number of aliphatic hydroxyl groups excluding tert-OH is 2. The normalized spacial score (nSPS) is 11.2. The summed E-state index contributed by atoms with van der Waals surface area (Å²) in [6.45, 7) is 1.96. The Labute approximate surface area is 122 Å². The molecule has 0 saturated carbocycles. The van der Waals surface area contributed by atoms with Crippen LogP contribution in [0.15, 0.2) is 12.1 Å². The number of nitrogen functional groups attached to an aromatic ring is 1. The van der Waals surface area contributed by atoms with Gasteiger partial charge < -0.3 is 15.9 Å². The first-order chi connectivity index (χ1) is 9.72. The van der Waals surface area contributed by atoms with Crippen LogP contribution in [0, 0.1) is 0 Å². The third-order valence-corrected chi connectivity index (χ3v) is 3.63. The molecule has 20 heavy (non-hydrogen) atoms. The van der Waals surface area contributed by atoms with Gasteiger partial charge in [0.1, 0.15) is 0 Å². The lowest BCUT2D eigenvalue weighted by Gasteiger charge is -2.14. The SMILES string of the molecule is CCCCCCCCc1ccc(N)c(C(CO)CO)n1. The average molecular weight is 280 g/mol. The number of anilines is 1. The van der Waals surface area contributed by atoms with E-state index in [0.717, 1.165) is 18.5 Å². The molecule has 0 atom stereocenters. The van der Waals surface area contributed by atoms with Crippen LogP contribution in [0.25, 0.3) is 0 Å². The van der Waals surface area contributed by atoms with Gasteiger partial charge in [0.25, 0.3) is 0 Å². The van der Waals surface area contributed by atoms with Gasteiger partial charge in [0, 0.05) is 11.6 Å². The van der Waals surface area contributed by atoms with Crippen molar-refractivity contribution in [3.05, 3.63) is 23.5 Å². The van der Waals surface area contributed by atoms with Gasteiger partial charge in [-0.2, -0.15) is 0 Å². The van der Waals surface area contributed by atoms with Crippen molar-refractivity contribution in [2.45, 2.75) is 57.8 Å². The highest BCUT2D eigenvalue weighted by atomic mass is 16.3. The third kappa shape index (κ3) is 5.47. The Balaban J connectivity index is 2.48. The van der Waals surface area contributed by atoms with Gasteiger partial charge >= 0.3 is 0 Å². The molecule has 0 aromatic carbocycles. The molecule has 0 aliphatic carbocycles. The number of hydrogen-bond acceptors (Lipinski definition) is 4. The first kappa shape index (κ1) is 16.9. The zero-order valence-electron chi connectivity index (χ0n) is 12.5. The number of aromatic nitrogens is 1. The van der Waals surface area contributed by atoms with Gasteiger partial charge in [-0.3, -0.25) is 4.98 Å². The monoisotopic (exact) mass is 280 g/mol. The van der Waals surface area contributed by atoms with E-state index < -0.39 is 0 Å². The van der Waals surface area contributed by atoms with Gasteiger partial charge in [-0.05, 0) is 25.0 Å². The minimum Gasteiger partial charge on any atom is -0.397 e. The summed E-state index contributed by atoms with van der Waals surface area (Å²) in [6, 6.07) is 3.77. The average Bonchev–Trinajstić information content (AvgIpc) is 2.47. The second kappa shape index (κ2) is 9.72. The fraction of sp³-hybridized carbons (Fsp3) is 0.688. The molecule has 0 amide bonds. The molecule has 1 rings (SSSR count). The van der Waals surface area contributed by atoms with Crippen LogP contribution in [-0.4, -0.2) is 28.4 Å². The fourth-order valence-corrected chi connectivity index (χ4v) is 2.31. The molecular weight excluding hydrogens is 252 g/mol. The molecule has 0 aliphatic heterocycles. The molecule has 0 spiro atoms. The highest BCUT2D eigenvalue weighted by Crippen LogP contribution is 2.21. The highest BCUT2D eigenvalue weighted by molar-refractivity contribution is 5.45. The Morgan fingerprint density at radius 3 is 2.35 bits per heavy atom. The minimum absolute atomic E-state index is 0.131. The zero-order chi connectivity index (χ0) is 14.8. The largest absolute Gasteiger partial charge is 0.397 e. The predicted octanol–water partition coefficient (Wildman–Crippen LogP) is 2.64. The van der Waals surface area contributed by atoms with E-state index in [1.165, 1.54) is 32.1 Å². The summed E-state index contributed by atoms with van der Waals surface area (Å²) in [5, 5.41) is 18.5. The number of rotatable bonds is 10. The number of aliphatic hydroxyl groups is 2. The number of unbranched alkanes of at least 4 members (excludes halogenated alkanes) is 5. The lowest BCUT2D eigenvalue weighted by atomic mass is 10.0. The Hall–Kier alpha value is -1.13. The molecule has 0 aliphatic rings.